The van der Waals surface area contributed by atoms with Crippen LogP contribution in [0, 0.1) is 0 Å². The molecule has 3 nitrogen and oxygen atoms in total. The minimum Gasteiger partial charge on any atom is -0.394 e. The van der Waals surface area contributed by atoms with Gasteiger partial charge in [0.15, 0.2) is 0 Å². The zero-order valence-corrected chi connectivity index (χ0v) is 13.4. The first kappa shape index (κ1) is 16.9. The van der Waals surface area contributed by atoms with Crippen LogP contribution in [-0.4, -0.2) is 47.8 Å². The average Bonchev–Trinajstić information content (AvgIpc) is 3.21. The van der Waals surface area contributed by atoms with Crippen molar-refractivity contribution >= 4 is 0 Å². The predicted molar refractivity (Wildman–Crippen MR) is 82.5 cm³/mol. The van der Waals surface area contributed by atoms with Gasteiger partial charge in [-0.25, -0.2) is 0 Å². The van der Waals surface area contributed by atoms with E-state index in [4.69, 9.17) is 0 Å². The highest BCUT2D eigenvalue weighted by molar-refractivity contribution is 4.94. The lowest BCUT2D eigenvalue weighted by Crippen LogP contribution is -2.49. The number of nitrogens with one attached hydrogen (secondary N) is 1. The third kappa shape index (κ3) is 5.80. The number of hydrogen-bond donors (Lipinski definition) is 2. The molecule has 3 heteroatoms. The Labute approximate surface area is 119 Å². The van der Waals surface area contributed by atoms with Crippen LogP contribution in [-0.2, 0) is 0 Å². The van der Waals surface area contributed by atoms with E-state index >= 15 is 0 Å². The first-order valence-electron chi connectivity index (χ1n) is 8.15. The highest BCUT2D eigenvalue weighted by atomic mass is 16.3. The lowest BCUT2D eigenvalue weighted by molar-refractivity contribution is 0.135. The van der Waals surface area contributed by atoms with Gasteiger partial charge in [0, 0.05) is 17.6 Å². The van der Waals surface area contributed by atoms with E-state index in [1.54, 1.807) is 0 Å². The van der Waals surface area contributed by atoms with E-state index in [2.05, 4.69) is 38.0 Å². The van der Waals surface area contributed by atoms with Crippen molar-refractivity contribution in [2.45, 2.75) is 83.3 Å². The second-order valence-corrected chi connectivity index (χ2v) is 6.43. The summed E-state index contributed by atoms with van der Waals surface area (Å²) in [7, 11) is 2.22. The zero-order valence-electron chi connectivity index (χ0n) is 13.4. The summed E-state index contributed by atoms with van der Waals surface area (Å²) in [5.41, 5.74) is -0.0317. The molecule has 0 heterocycles. The molecule has 2 N–H and O–H groups in total. The molecule has 0 saturated heterocycles. The van der Waals surface area contributed by atoms with Crippen LogP contribution in [0.25, 0.3) is 0 Å². The van der Waals surface area contributed by atoms with Crippen LogP contribution in [0.3, 0.4) is 0 Å². The van der Waals surface area contributed by atoms with Crippen molar-refractivity contribution in [3.8, 4) is 0 Å². The van der Waals surface area contributed by atoms with Gasteiger partial charge in [-0.3, -0.25) is 0 Å². The fourth-order valence-corrected chi connectivity index (χ4v) is 2.77. The largest absolute Gasteiger partial charge is 0.394 e. The Bertz CT molecular complexity index is 237. The number of nitrogens with zero attached hydrogens (tertiary/aromatic N) is 1. The molecule has 0 amide bonds. The highest BCUT2D eigenvalue weighted by Gasteiger charge is 2.33. The number of aliphatic hydroxyl groups is 1. The van der Waals surface area contributed by atoms with E-state index in [1.807, 2.05) is 0 Å². The molecule has 1 rings (SSSR count). The predicted octanol–water partition coefficient (Wildman–Crippen LogP) is 2.78. The fourth-order valence-electron chi connectivity index (χ4n) is 2.77. The van der Waals surface area contributed by atoms with Crippen LogP contribution >= 0.6 is 0 Å². The van der Waals surface area contributed by atoms with E-state index < -0.39 is 0 Å². The van der Waals surface area contributed by atoms with Gasteiger partial charge in [-0.1, -0.05) is 20.3 Å². The van der Waals surface area contributed by atoms with E-state index in [9.17, 15) is 5.11 Å². The molecule has 1 fully saturated rings. The van der Waals surface area contributed by atoms with Crippen LogP contribution in [0.15, 0.2) is 0 Å². The smallest absolute Gasteiger partial charge is 0.0613 e. The molecule has 114 valence electrons. The maximum Gasteiger partial charge on any atom is 0.0613 e. The van der Waals surface area contributed by atoms with Gasteiger partial charge in [0.25, 0.3) is 0 Å². The maximum atomic E-state index is 9.74. The Hall–Kier alpha value is -0.120. The molecule has 19 heavy (non-hydrogen) atoms. The second-order valence-electron chi connectivity index (χ2n) is 6.43. The molecule has 0 aliphatic heterocycles. The van der Waals surface area contributed by atoms with Crippen LogP contribution in [0.1, 0.15) is 65.7 Å². The van der Waals surface area contributed by atoms with Gasteiger partial charge < -0.3 is 15.3 Å². The van der Waals surface area contributed by atoms with Gasteiger partial charge in [0.2, 0.25) is 0 Å². The third-order valence-corrected chi connectivity index (χ3v) is 4.69. The van der Waals surface area contributed by atoms with Gasteiger partial charge in [-0.2, -0.15) is 0 Å². The first-order chi connectivity index (χ1) is 9.06. The van der Waals surface area contributed by atoms with Gasteiger partial charge in [-0.15, -0.1) is 0 Å². The zero-order chi connectivity index (χ0) is 14.3. The summed E-state index contributed by atoms with van der Waals surface area (Å²) in [5.74, 6) is 0. The van der Waals surface area contributed by atoms with E-state index in [0.717, 1.165) is 19.4 Å². The van der Waals surface area contributed by atoms with Crippen molar-refractivity contribution in [1.82, 2.24) is 10.2 Å². The summed E-state index contributed by atoms with van der Waals surface area (Å²) in [5, 5.41) is 13.4. The van der Waals surface area contributed by atoms with Crippen molar-refractivity contribution in [3.63, 3.8) is 0 Å². The lowest BCUT2D eigenvalue weighted by atomic mass is 9.90. The summed E-state index contributed by atoms with van der Waals surface area (Å²) in [4.78, 5) is 2.46. The minimum absolute atomic E-state index is 0.0317. The van der Waals surface area contributed by atoms with Crippen LogP contribution < -0.4 is 5.32 Å². The van der Waals surface area contributed by atoms with E-state index in [1.165, 1.54) is 32.1 Å². The van der Waals surface area contributed by atoms with Crippen molar-refractivity contribution in [2.24, 2.45) is 0 Å². The topological polar surface area (TPSA) is 35.5 Å². The van der Waals surface area contributed by atoms with Crippen LogP contribution in [0.5, 0.6) is 0 Å². The summed E-state index contributed by atoms with van der Waals surface area (Å²) < 4.78 is 0. The maximum absolute atomic E-state index is 9.74. The molecule has 2 atom stereocenters. The monoisotopic (exact) mass is 270 g/mol. The Balaban J connectivity index is 2.30. The molecule has 1 aliphatic carbocycles. The quantitative estimate of drug-likeness (QED) is 0.606. The van der Waals surface area contributed by atoms with Crippen molar-refractivity contribution in [1.29, 1.82) is 0 Å². The second kappa shape index (κ2) is 8.23. The minimum atomic E-state index is -0.0317. The Kier molecular flexibility index (Phi) is 7.33. The van der Waals surface area contributed by atoms with Gasteiger partial charge in [0.05, 0.1) is 6.61 Å². The number of rotatable bonds is 11. The first-order valence-corrected chi connectivity index (χ1v) is 8.15. The van der Waals surface area contributed by atoms with Crippen molar-refractivity contribution in [3.05, 3.63) is 0 Å². The molecule has 0 radical (unpaired) electrons. The van der Waals surface area contributed by atoms with Crippen molar-refractivity contribution in [2.75, 3.05) is 20.2 Å². The average molecular weight is 270 g/mol. The normalized spacial score (nSPS) is 20.5. The number of hydrogen-bond acceptors (Lipinski definition) is 3. The Morgan fingerprint density at radius 2 is 2.05 bits per heavy atom. The summed E-state index contributed by atoms with van der Waals surface area (Å²) in [6, 6.07) is 1.34. The third-order valence-electron chi connectivity index (χ3n) is 4.69. The van der Waals surface area contributed by atoms with Gasteiger partial charge >= 0.3 is 0 Å². The summed E-state index contributed by atoms with van der Waals surface area (Å²) >= 11 is 0. The van der Waals surface area contributed by atoms with E-state index in [-0.39, 0.29) is 12.1 Å². The highest BCUT2D eigenvalue weighted by Crippen LogP contribution is 2.27. The van der Waals surface area contributed by atoms with Gasteiger partial charge in [-0.05, 0) is 59.0 Å². The molecule has 0 aromatic heterocycles. The molecule has 0 bridgehead atoms. The molecule has 0 spiro atoms. The Morgan fingerprint density at radius 3 is 2.53 bits per heavy atom. The Morgan fingerprint density at radius 1 is 1.37 bits per heavy atom. The summed E-state index contributed by atoms with van der Waals surface area (Å²) in [6.45, 7) is 8.15. The fraction of sp³-hybridized carbons (Fsp3) is 1.00. The SMILES string of the molecule is CCCC(C)N(C)CCCC(CC)(CO)NC1CC1. The lowest BCUT2D eigenvalue weighted by Gasteiger charge is -2.33. The molecule has 0 aromatic rings. The summed E-state index contributed by atoms with van der Waals surface area (Å²) in [6.07, 6.45) is 8.37. The van der Waals surface area contributed by atoms with Crippen molar-refractivity contribution < 1.29 is 5.11 Å². The molecule has 2 unspecified atom stereocenters. The van der Waals surface area contributed by atoms with E-state index in [0.29, 0.717) is 12.1 Å². The molecule has 0 aromatic carbocycles. The van der Waals surface area contributed by atoms with Crippen LogP contribution in [0.2, 0.25) is 0 Å². The van der Waals surface area contributed by atoms with Gasteiger partial charge in [0.1, 0.15) is 0 Å². The molecule has 1 aliphatic rings. The molecular formula is C16H34N2O. The standard InChI is InChI=1S/C16H34N2O/c1-5-8-14(3)18(4)12-7-11-16(6-2,13-19)17-15-9-10-15/h14-15,17,19H,5-13H2,1-4H3. The molecule has 1 saturated carbocycles. The molecular weight excluding hydrogens is 236 g/mol. The number of aliphatic hydroxyl groups excluding tert-OH is 1. The van der Waals surface area contributed by atoms with Crippen LogP contribution in [0.4, 0.5) is 0 Å².